The Morgan fingerprint density at radius 1 is 1.18 bits per heavy atom. The van der Waals surface area contributed by atoms with Gasteiger partial charge in [0.1, 0.15) is 23.7 Å². The molecule has 4 N–H and O–H groups in total. The Morgan fingerprint density at radius 2 is 2.00 bits per heavy atom. The summed E-state index contributed by atoms with van der Waals surface area (Å²) in [7, 11) is 1.59. The second-order valence-electron chi connectivity index (χ2n) is 9.49. The van der Waals surface area contributed by atoms with Crippen LogP contribution in [0.25, 0.3) is 0 Å². The van der Waals surface area contributed by atoms with E-state index < -0.39 is 0 Å². The van der Waals surface area contributed by atoms with E-state index in [1.807, 2.05) is 18.2 Å². The molecular formula is C28H32FN7O3. The van der Waals surface area contributed by atoms with Crippen molar-refractivity contribution in [2.24, 2.45) is 5.73 Å². The Kier molecular flexibility index (Phi) is 7.89. The van der Waals surface area contributed by atoms with Crippen LogP contribution in [0.15, 0.2) is 61.4 Å². The number of halogens is 1. The van der Waals surface area contributed by atoms with Crippen LogP contribution in [0.2, 0.25) is 0 Å². The maximum Gasteiger partial charge on any atom is 0.247 e. The van der Waals surface area contributed by atoms with Crippen LogP contribution in [0, 0.1) is 5.82 Å². The number of hydroxylamine groups is 1. The first-order chi connectivity index (χ1) is 18.9. The van der Waals surface area contributed by atoms with Crippen molar-refractivity contribution in [2.75, 3.05) is 47.4 Å². The highest BCUT2D eigenvalue weighted by atomic mass is 19.1. The van der Waals surface area contributed by atoms with Gasteiger partial charge in [0.2, 0.25) is 5.91 Å². The molecule has 1 atom stereocenters. The smallest absolute Gasteiger partial charge is 0.247 e. The Labute approximate surface area is 226 Å². The van der Waals surface area contributed by atoms with Gasteiger partial charge in [-0.3, -0.25) is 9.63 Å². The molecule has 2 fully saturated rings. The fourth-order valence-electron chi connectivity index (χ4n) is 4.91. The molecule has 0 spiro atoms. The fraction of sp³-hybridized carbons (Fsp3) is 0.321. The van der Waals surface area contributed by atoms with Crippen molar-refractivity contribution in [3.05, 3.63) is 72.8 Å². The van der Waals surface area contributed by atoms with Crippen LogP contribution in [0.5, 0.6) is 5.75 Å². The summed E-state index contributed by atoms with van der Waals surface area (Å²) in [6, 6.07) is 11.9. The van der Waals surface area contributed by atoms with Crippen molar-refractivity contribution < 1.29 is 18.8 Å². The van der Waals surface area contributed by atoms with E-state index in [-0.39, 0.29) is 23.8 Å². The fourth-order valence-corrected chi connectivity index (χ4v) is 4.91. The largest absolute Gasteiger partial charge is 0.494 e. The van der Waals surface area contributed by atoms with Crippen LogP contribution < -0.4 is 31.1 Å². The molecule has 1 amide bonds. The zero-order valence-corrected chi connectivity index (χ0v) is 21.8. The summed E-state index contributed by atoms with van der Waals surface area (Å²) in [4.78, 5) is 29.1. The van der Waals surface area contributed by atoms with Gasteiger partial charge in [0.05, 0.1) is 36.8 Å². The molecular weight excluding hydrogens is 501 g/mol. The minimum Gasteiger partial charge on any atom is -0.494 e. The predicted octanol–water partition coefficient (Wildman–Crippen LogP) is 4.30. The van der Waals surface area contributed by atoms with E-state index in [9.17, 15) is 9.18 Å². The van der Waals surface area contributed by atoms with Gasteiger partial charge in [-0.1, -0.05) is 18.7 Å². The number of benzene rings is 2. The van der Waals surface area contributed by atoms with Gasteiger partial charge in [-0.05, 0) is 42.7 Å². The summed E-state index contributed by atoms with van der Waals surface area (Å²) in [5.74, 6) is 0.975. The van der Waals surface area contributed by atoms with Crippen molar-refractivity contribution in [3.8, 4) is 5.75 Å². The number of ether oxygens (including phenoxy) is 1. The van der Waals surface area contributed by atoms with Crippen molar-refractivity contribution in [1.82, 2.24) is 9.97 Å². The van der Waals surface area contributed by atoms with Gasteiger partial charge in [0.15, 0.2) is 5.82 Å². The Bertz CT molecular complexity index is 1350. The third-order valence-electron chi connectivity index (χ3n) is 6.92. The Balaban J connectivity index is 1.44. The molecule has 2 aliphatic heterocycles. The van der Waals surface area contributed by atoms with E-state index in [4.69, 9.17) is 15.3 Å². The minimum atomic E-state index is -0.319. The lowest BCUT2D eigenvalue weighted by atomic mass is 10.0. The average Bonchev–Trinajstić information content (AvgIpc) is 3.44. The molecule has 204 valence electrons. The van der Waals surface area contributed by atoms with Gasteiger partial charge in [-0.2, -0.15) is 0 Å². The molecule has 0 saturated carbocycles. The molecule has 0 aliphatic carbocycles. The number of nitrogens with two attached hydrogens (primary N) is 1. The van der Waals surface area contributed by atoms with Crippen LogP contribution >= 0.6 is 0 Å². The number of aromatic nitrogens is 2. The van der Waals surface area contributed by atoms with Gasteiger partial charge in [-0.25, -0.2) is 19.4 Å². The number of piperidine rings is 1. The molecule has 5 rings (SSSR count). The maximum absolute atomic E-state index is 13.9. The monoisotopic (exact) mass is 533 g/mol. The lowest BCUT2D eigenvalue weighted by Crippen LogP contribution is -2.40. The van der Waals surface area contributed by atoms with Crippen LogP contribution in [-0.4, -0.2) is 48.7 Å². The summed E-state index contributed by atoms with van der Waals surface area (Å²) in [6.07, 6.45) is 5.07. The summed E-state index contributed by atoms with van der Waals surface area (Å²) in [5, 5.41) is 7.88. The molecule has 2 aliphatic rings. The zero-order chi connectivity index (χ0) is 27.4. The summed E-state index contributed by atoms with van der Waals surface area (Å²) >= 11 is 0. The number of anilines is 5. The topological polar surface area (TPSA) is 118 Å². The molecule has 11 heteroatoms. The van der Waals surface area contributed by atoms with Gasteiger partial charge in [0.25, 0.3) is 0 Å². The highest BCUT2D eigenvalue weighted by Gasteiger charge is 2.29. The van der Waals surface area contributed by atoms with Crippen LogP contribution in [0.3, 0.4) is 0 Å². The number of methoxy groups -OCH3 is 1. The zero-order valence-electron chi connectivity index (χ0n) is 21.8. The molecule has 0 radical (unpaired) electrons. The second-order valence-corrected chi connectivity index (χ2v) is 9.49. The molecule has 0 unspecified atom stereocenters. The number of carbonyl (C=O) groups excluding carboxylic acids is 1. The van der Waals surface area contributed by atoms with Crippen LogP contribution in [-0.2, 0) is 9.63 Å². The molecule has 10 nitrogen and oxygen atoms in total. The SMILES string of the molecule is C=CC(=O)Nc1cc(Nc2cc(N3OCC[C@@H]3c3cccc(F)c3)ncn2)c(OC)cc1N1CCC(N)CC1. The number of nitrogens with one attached hydrogen (secondary N) is 2. The van der Waals surface area contributed by atoms with Gasteiger partial charge in [0, 0.05) is 37.7 Å². The summed E-state index contributed by atoms with van der Waals surface area (Å²) < 4.78 is 19.6. The molecule has 3 heterocycles. The van der Waals surface area contributed by atoms with E-state index in [2.05, 4.69) is 32.1 Å². The number of amides is 1. The standard InChI is InChI=1S/C28H32FN7O3/c1-3-28(37)34-21-14-22(25(38-2)15-24(21)35-10-7-20(30)8-11-35)33-26-16-27(32-17-31-26)36-23(9-12-39-36)18-5-4-6-19(29)13-18/h3-6,13-17,20,23H,1,7-12,30H2,2H3,(H,34,37)(H,31,32,33)/t23-/m1/s1. The first kappa shape index (κ1) is 26.4. The number of hydrogen-bond acceptors (Lipinski definition) is 9. The predicted molar refractivity (Wildman–Crippen MR) is 149 cm³/mol. The summed E-state index contributed by atoms with van der Waals surface area (Å²) in [6.45, 7) is 5.60. The highest BCUT2D eigenvalue weighted by Crippen LogP contribution is 2.40. The van der Waals surface area contributed by atoms with E-state index >= 15 is 0 Å². The second kappa shape index (κ2) is 11.7. The van der Waals surface area contributed by atoms with Gasteiger partial charge < -0.3 is 26.0 Å². The van der Waals surface area contributed by atoms with Gasteiger partial charge in [-0.15, -0.1) is 0 Å². The van der Waals surface area contributed by atoms with E-state index in [0.717, 1.165) is 37.2 Å². The van der Waals surface area contributed by atoms with Crippen molar-refractivity contribution in [3.63, 3.8) is 0 Å². The number of nitrogens with zero attached hydrogens (tertiary/aromatic N) is 4. The molecule has 3 aromatic rings. The lowest BCUT2D eigenvalue weighted by Gasteiger charge is -2.33. The third kappa shape index (κ3) is 5.94. The molecule has 0 bridgehead atoms. The normalized spacial score (nSPS) is 17.7. The third-order valence-corrected chi connectivity index (χ3v) is 6.92. The number of hydrogen-bond donors (Lipinski definition) is 3. The lowest BCUT2D eigenvalue weighted by molar-refractivity contribution is -0.111. The van der Waals surface area contributed by atoms with Crippen molar-refractivity contribution >= 4 is 34.6 Å². The van der Waals surface area contributed by atoms with E-state index in [1.54, 1.807) is 24.3 Å². The molecule has 1 aromatic heterocycles. The van der Waals surface area contributed by atoms with Crippen LogP contribution in [0.1, 0.15) is 30.9 Å². The highest BCUT2D eigenvalue weighted by molar-refractivity contribution is 6.02. The Hall–Kier alpha value is -4.22. The maximum atomic E-state index is 13.9. The minimum absolute atomic E-state index is 0.169. The average molecular weight is 534 g/mol. The van der Waals surface area contributed by atoms with Gasteiger partial charge >= 0.3 is 0 Å². The number of carbonyl (C=O) groups is 1. The van der Waals surface area contributed by atoms with Crippen molar-refractivity contribution in [2.45, 2.75) is 31.3 Å². The summed E-state index contributed by atoms with van der Waals surface area (Å²) in [5.41, 5.74) is 8.96. The Morgan fingerprint density at radius 3 is 2.74 bits per heavy atom. The molecule has 2 saturated heterocycles. The van der Waals surface area contributed by atoms with Crippen LogP contribution in [0.4, 0.5) is 33.1 Å². The number of rotatable bonds is 8. The first-order valence-electron chi connectivity index (χ1n) is 12.9. The molecule has 2 aromatic carbocycles. The van der Waals surface area contributed by atoms with E-state index in [1.165, 1.54) is 24.5 Å². The molecule has 39 heavy (non-hydrogen) atoms. The first-order valence-corrected chi connectivity index (χ1v) is 12.9. The van der Waals surface area contributed by atoms with Crippen molar-refractivity contribution in [1.29, 1.82) is 0 Å². The quantitative estimate of drug-likeness (QED) is 0.364. The van der Waals surface area contributed by atoms with E-state index in [0.29, 0.717) is 41.8 Å².